The first kappa shape index (κ1) is 30.7. The van der Waals surface area contributed by atoms with Crippen molar-refractivity contribution in [1.29, 1.82) is 0 Å². The Balaban J connectivity index is 1.19. The third kappa shape index (κ3) is 4.51. The molecule has 0 aliphatic carbocycles. The lowest BCUT2D eigenvalue weighted by atomic mass is 10.0. The number of benzene rings is 8. The molecule has 0 unspecified atom stereocenters. The van der Waals surface area contributed by atoms with Gasteiger partial charge >= 0.3 is 0 Å². The minimum absolute atomic E-state index is 0.571. The van der Waals surface area contributed by atoms with Crippen molar-refractivity contribution in [3.63, 3.8) is 0 Å². The van der Waals surface area contributed by atoms with Crippen molar-refractivity contribution >= 4 is 76.8 Å². The van der Waals surface area contributed by atoms with Gasteiger partial charge in [0.05, 0.1) is 51.9 Å². The Morgan fingerprint density at radius 1 is 0.327 bits per heavy atom. The summed E-state index contributed by atoms with van der Waals surface area (Å²) in [4.78, 5) is 7.79. The first-order valence-electron chi connectivity index (χ1n) is 18.3. The van der Waals surface area contributed by atoms with Crippen molar-refractivity contribution in [1.82, 2.24) is 13.7 Å². The van der Waals surface area contributed by atoms with E-state index in [0.29, 0.717) is 11.4 Å². The second kappa shape index (κ2) is 11.8. The lowest BCUT2D eigenvalue weighted by molar-refractivity contribution is 1.15. The van der Waals surface area contributed by atoms with E-state index in [0.717, 1.165) is 72.1 Å². The molecule has 8 aromatic carbocycles. The van der Waals surface area contributed by atoms with E-state index in [1.165, 1.54) is 21.5 Å². The van der Waals surface area contributed by atoms with Gasteiger partial charge in [0.25, 0.3) is 0 Å². The molecule has 3 aromatic heterocycles. The van der Waals surface area contributed by atoms with Gasteiger partial charge in [-0.15, -0.1) is 0 Å². The molecule has 0 bridgehead atoms. The van der Waals surface area contributed by atoms with Crippen molar-refractivity contribution in [2.45, 2.75) is 0 Å². The van der Waals surface area contributed by atoms with E-state index in [1.807, 2.05) is 24.3 Å². The smallest absolute Gasteiger partial charge is 0.189 e. The summed E-state index contributed by atoms with van der Waals surface area (Å²) in [5.41, 5.74) is 12.7. The Kier molecular flexibility index (Phi) is 6.61. The zero-order chi connectivity index (χ0) is 36.6. The Labute approximate surface area is 316 Å². The van der Waals surface area contributed by atoms with Crippen molar-refractivity contribution in [2.24, 2.45) is 0 Å². The quantitative estimate of drug-likeness (QED) is 0.163. The lowest BCUT2D eigenvalue weighted by Crippen LogP contribution is -1.99. The number of hydrogen-bond acceptors (Lipinski definition) is 0. The highest BCUT2D eigenvalue weighted by Crippen LogP contribution is 2.42. The van der Waals surface area contributed by atoms with Gasteiger partial charge in [0.15, 0.2) is 11.4 Å². The standard InChI is InChI=1S/C50H29N5/c1-51-33-23-26-49-43(30-33)42-25-24-35(53-45-19-9-4-14-38(45)39-15-5-10-20-46(39)53)31-50(42)55(49)44-18-8-3-13-37(44)32-27-34(52-2)29-36(28-32)54-47-21-11-6-16-40(47)41-17-7-12-22-48(41)54/h3-31H. The SMILES string of the molecule is [C-]#[N+]c1cc(-c2ccccc2-n2c3ccc([N+]#[C-])cc3c3ccc(-n4c5ccccc5c5ccccc54)cc32)cc(-n2c3ccccc3c3ccccc32)c1. The predicted molar refractivity (Wildman–Crippen MR) is 227 cm³/mol. The Morgan fingerprint density at radius 3 is 1.44 bits per heavy atom. The van der Waals surface area contributed by atoms with Gasteiger partial charge < -0.3 is 13.7 Å². The Morgan fingerprint density at radius 2 is 0.836 bits per heavy atom. The van der Waals surface area contributed by atoms with Crippen LogP contribution in [0.1, 0.15) is 0 Å². The molecule has 254 valence electrons. The van der Waals surface area contributed by atoms with Gasteiger partial charge in [-0.3, -0.25) is 0 Å². The highest BCUT2D eigenvalue weighted by Gasteiger charge is 2.20. The fourth-order valence-corrected chi connectivity index (χ4v) is 8.72. The molecular formula is C50H29N5. The van der Waals surface area contributed by atoms with Crippen LogP contribution in [-0.2, 0) is 0 Å². The Bertz CT molecular complexity index is 3360. The third-order valence-corrected chi connectivity index (χ3v) is 11.0. The largest absolute Gasteiger partial charge is 0.310 e. The first-order chi connectivity index (χ1) is 27.2. The van der Waals surface area contributed by atoms with Gasteiger partial charge in [-0.2, -0.15) is 0 Å². The van der Waals surface area contributed by atoms with Crippen LogP contribution in [0.15, 0.2) is 176 Å². The van der Waals surface area contributed by atoms with Crippen LogP contribution in [0, 0.1) is 13.1 Å². The van der Waals surface area contributed by atoms with Crippen molar-refractivity contribution in [3.05, 3.63) is 199 Å². The molecule has 0 saturated heterocycles. The van der Waals surface area contributed by atoms with Crippen LogP contribution in [0.5, 0.6) is 0 Å². The fourth-order valence-electron chi connectivity index (χ4n) is 8.72. The van der Waals surface area contributed by atoms with Crippen LogP contribution in [0.25, 0.3) is 103 Å². The number of aromatic nitrogens is 3. The monoisotopic (exact) mass is 699 g/mol. The van der Waals surface area contributed by atoms with E-state index in [9.17, 15) is 0 Å². The molecule has 0 aliphatic heterocycles. The average Bonchev–Trinajstić information content (AvgIpc) is 3.88. The summed E-state index contributed by atoms with van der Waals surface area (Å²) in [6.07, 6.45) is 0. The van der Waals surface area contributed by atoms with Crippen LogP contribution in [0.3, 0.4) is 0 Å². The van der Waals surface area contributed by atoms with Crippen LogP contribution in [-0.4, -0.2) is 13.7 Å². The summed E-state index contributed by atoms with van der Waals surface area (Å²) < 4.78 is 6.95. The Hall–Kier alpha value is -7.86. The molecule has 5 heteroatoms. The molecule has 0 saturated carbocycles. The second-order valence-corrected chi connectivity index (χ2v) is 14.0. The van der Waals surface area contributed by atoms with Gasteiger partial charge in [-0.1, -0.05) is 103 Å². The molecule has 0 N–H and O–H groups in total. The maximum Gasteiger partial charge on any atom is 0.189 e. The van der Waals surface area contributed by atoms with Crippen LogP contribution < -0.4 is 0 Å². The molecule has 5 nitrogen and oxygen atoms in total. The van der Waals surface area contributed by atoms with E-state index >= 15 is 0 Å². The molecule has 0 spiro atoms. The summed E-state index contributed by atoms with van der Waals surface area (Å²) >= 11 is 0. The zero-order valence-corrected chi connectivity index (χ0v) is 29.5. The lowest BCUT2D eigenvalue weighted by Gasteiger charge is -2.17. The maximum absolute atomic E-state index is 8.19. The minimum Gasteiger partial charge on any atom is -0.310 e. The van der Waals surface area contributed by atoms with Crippen molar-refractivity contribution in [2.75, 3.05) is 0 Å². The normalized spacial score (nSPS) is 11.6. The molecule has 0 aliphatic rings. The summed E-state index contributed by atoms with van der Waals surface area (Å²) in [6, 6.07) is 61.4. The topological polar surface area (TPSA) is 23.5 Å². The van der Waals surface area contributed by atoms with Crippen LogP contribution >= 0.6 is 0 Å². The molecule has 0 fully saturated rings. The van der Waals surface area contributed by atoms with Crippen molar-refractivity contribution in [3.8, 4) is 28.2 Å². The molecule has 3 heterocycles. The second-order valence-electron chi connectivity index (χ2n) is 14.0. The molecular weight excluding hydrogens is 671 g/mol. The molecule has 0 amide bonds. The van der Waals surface area contributed by atoms with Crippen LogP contribution in [0.2, 0.25) is 0 Å². The summed E-state index contributed by atoms with van der Waals surface area (Å²) in [5, 5.41) is 6.87. The molecule has 11 aromatic rings. The fraction of sp³-hybridized carbons (Fsp3) is 0. The first-order valence-corrected chi connectivity index (χ1v) is 18.3. The van der Waals surface area contributed by atoms with E-state index in [-0.39, 0.29) is 0 Å². The van der Waals surface area contributed by atoms with Gasteiger partial charge in [0.1, 0.15) is 0 Å². The van der Waals surface area contributed by atoms with E-state index in [2.05, 4.69) is 175 Å². The summed E-state index contributed by atoms with van der Waals surface area (Å²) in [7, 11) is 0. The molecule has 0 radical (unpaired) electrons. The average molecular weight is 700 g/mol. The van der Waals surface area contributed by atoms with E-state index in [4.69, 9.17) is 13.1 Å². The van der Waals surface area contributed by atoms with Gasteiger partial charge in [0, 0.05) is 43.9 Å². The number of hydrogen-bond donors (Lipinski definition) is 0. The highest BCUT2D eigenvalue weighted by atomic mass is 15.0. The molecule has 0 atom stereocenters. The molecule has 55 heavy (non-hydrogen) atoms. The number of rotatable bonds is 4. The molecule has 11 rings (SSSR count). The van der Waals surface area contributed by atoms with E-state index < -0.39 is 0 Å². The predicted octanol–water partition coefficient (Wildman–Crippen LogP) is 13.7. The van der Waals surface area contributed by atoms with E-state index in [1.54, 1.807) is 0 Å². The number of para-hydroxylation sites is 5. The minimum atomic E-state index is 0.571. The summed E-state index contributed by atoms with van der Waals surface area (Å²) in [5.74, 6) is 0. The third-order valence-electron chi connectivity index (χ3n) is 11.0. The highest BCUT2D eigenvalue weighted by molar-refractivity contribution is 6.13. The van der Waals surface area contributed by atoms with Crippen molar-refractivity contribution < 1.29 is 0 Å². The van der Waals surface area contributed by atoms with Crippen LogP contribution in [0.4, 0.5) is 11.4 Å². The number of fused-ring (bicyclic) bond motifs is 9. The maximum atomic E-state index is 8.19. The van der Waals surface area contributed by atoms with Gasteiger partial charge in [-0.05, 0) is 83.7 Å². The van der Waals surface area contributed by atoms with Gasteiger partial charge in [0.2, 0.25) is 0 Å². The zero-order valence-electron chi connectivity index (χ0n) is 29.5. The van der Waals surface area contributed by atoms with Gasteiger partial charge in [-0.25, -0.2) is 9.69 Å². The number of nitrogens with zero attached hydrogens (tertiary/aromatic N) is 5. The summed E-state index contributed by atoms with van der Waals surface area (Å²) in [6.45, 7) is 16.0.